The molecule has 0 aromatic heterocycles. The van der Waals surface area contributed by atoms with E-state index >= 15 is 0 Å². The fraction of sp³-hybridized carbons (Fsp3) is 0.857. The van der Waals surface area contributed by atoms with Gasteiger partial charge in [0, 0.05) is 13.5 Å². The molecule has 4 unspecified atom stereocenters. The van der Waals surface area contributed by atoms with Crippen LogP contribution in [0.5, 0.6) is 0 Å². The first kappa shape index (κ1) is 25.4. The second kappa shape index (κ2) is 13.5. The van der Waals surface area contributed by atoms with Crippen molar-refractivity contribution in [2.45, 2.75) is 57.9 Å². The number of likely N-dealkylation sites (N-methyl/N-ethyl adjacent to an activating group) is 1. The lowest BCUT2D eigenvalue weighted by atomic mass is 9.69. The Bertz CT molecular complexity index is 602. The monoisotopic (exact) mass is 439 g/mol. The maximum atomic E-state index is 12.6. The summed E-state index contributed by atoms with van der Waals surface area (Å²) in [6.45, 7) is 4.67. The number of esters is 1. The first-order valence-corrected chi connectivity index (χ1v) is 11.6. The predicted molar refractivity (Wildman–Crippen MR) is 121 cm³/mol. The minimum Gasteiger partial charge on any atom is -0.463 e. The van der Waals surface area contributed by atoms with Crippen LogP contribution >= 0.6 is 0 Å². The number of carbonyl (C=O) groups is 2. The smallest absolute Gasteiger partial charge is 0.323 e. The molecule has 0 bridgehead atoms. The summed E-state index contributed by atoms with van der Waals surface area (Å²) in [4.78, 5) is 26.2. The summed E-state index contributed by atoms with van der Waals surface area (Å²) in [6.07, 6.45) is 7.00. The fourth-order valence-electron chi connectivity index (χ4n) is 4.61. The molecule has 10 nitrogen and oxygen atoms in total. The third-order valence-electron chi connectivity index (χ3n) is 6.51. The van der Waals surface area contributed by atoms with Gasteiger partial charge in [0.05, 0.1) is 13.1 Å². The van der Waals surface area contributed by atoms with E-state index in [-0.39, 0.29) is 24.5 Å². The molecule has 0 spiro atoms. The standard InChI is InChI=1S/C21H41N7O3/c1-3-8-24-14-20(29)28(2)9-10-31-21(30)18-12-17-11-15(4-6-16(17)13-25-18)5-7-19(22)26-27-23/h15-18,24-25,27H,3-14,23H2,1-2H3,(H2,22,26). The summed E-state index contributed by atoms with van der Waals surface area (Å²) in [7, 11) is 1.73. The van der Waals surface area contributed by atoms with Gasteiger partial charge in [-0.15, -0.1) is 0 Å². The van der Waals surface area contributed by atoms with Crippen molar-refractivity contribution in [1.29, 1.82) is 0 Å². The number of hydrazine groups is 1. The highest BCUT2D eigenvalue weighted by molar-refractivity contribution is 5.80. The van der Waals surface area contributed by atoms with Gasteiger partial charge in [-0.25, -0.2) is 11.4 Å². The first-order chi connectivity index (χ1) is 14.9. The number of amidine groups is 1. The molecule has 1 amide bonds. The maximum absolute atomic E-state index is 12.6. The Morgan fingerprint density at radius 1 is 1.26 bits per heavy atom. The Hall–Kier alpha value is -1.91. The average Bonchev–Trinajstić information content (AvgIpc) is 2.77. The largest absolute Gasteiger partial charge is 0.463 e. The Labute approximate surface area is 185 Å². The van der Waals surface area contributed by atoms with Crippen LogP contribution < -0.4 is 27.7 Å². The zero-order chi connectivity index (χ0) is 22.6. The maximum Gasteiger partial charge on any atom is 0.323 e. The van der Waals surface area contributed by atoms with Crippen molar-refractivity contribution in [2.75, 3.05) is 39.8 Å². The third-order valence-corrected chi connectivity index (χ3v) is 6.51. The van der Waals surface area contributed by atoms with E-state index in [4.69, 9.17) is 16.3 Å². The van der Waals surface area contributed by atoms with Crippen LogP contribution in [0.25, 0.3) is 0 Å². The van der Waals surface area contributed by atoms with Crippen molar-refractivity contribution in [3.63, 3.8) is 0 Å². The lowest BCUT2D eigenvalue weighted by molar-refractivity contribution is -0.149. The van der Waals surface area contributed by atoms with Gasteiger partial charge in [-0.1, -0.05) is 13.3 Å². The van der Waals surface area contributed by atoms with Crippen molar-refractivity contribution >= 4 is 17.7 Å². The van der Waals surface area contributed by atoms with Crippen molar-refractivity contribution in [3.8, 4) is 0 Å². The number of fused-ring (bicyclic) bond motifs is 1. The van der Waals surface area contributed by atoms with Crippen LogP contribution in [0, 0.1) is 17.8 Å². The van der Waals surface area contributed by atoms with Crippen LogP contribution in [0.4, 0.5) is 0 Å². The molecule has 2 aliphatic rings. The molecule has 0 aromatic carbocycles. The first-order valence-electron chi connectivity index (χ1n) is 11.6. The van der Waals surface area contributed by atoms with Crippen LogP contribution in [0.1, 0.15) is 51.9 Å². The van der Waals surface area contributed by atoms with Gasteiger partial charge in [0.2, 0.25) is 5.91 Å². The van der Waals surface area contributed by atoms with E-state index in [1.807, 2.05) is 0 Å². The molecule has 1 aliphatic carbocycles. The fourth-order valence-corrected chi connectivity index (χ4v) is 4.61. The molecular formula is C21H41N7O3. The molecule has 178 valence electrons. The Kier molecular flexibility index (Phi) is 11.0. The number of hydrogen-bond donors (Lipinski definition) is 5. The number of nitrogens with zero attached hydrogens (tertiary/aromatic N) is 2. The zero-order valence-corrected chi connectivity index (χ0v) is 19.1. The van der Waals surface area contributed by atoms with Crippen molar-refractivity contribution in [2.24, 2.45) is 34.4 Å². The molecule has 1 aliphatic heterocycles. The van der Waals surface area contributed by atoms with Gasteiger partial charge in [-0.05, 0) is 62.9 Å². The van der Waals surface area contributed by atoms with Gasteiger partial charge in [0.25, 0.3) is 0 Å². The lowest BCUT2D eigenvalue weighted by Gasteiger charge is -2.42. The highest BCUT2D eigenvalue weighted by Gasteiger charge is 2.38. The summed E-state index contributed by atoms with van der Waals surface area (Å²) in [5.41, 5.74) is 8.06. The van der Waals surface area contributed by atoms with E-state index in [1.165, 1.54) is 12.8 Å². The molecule has 2 rings (SSSR count). The summed E-state index contributed by atoms with van der Waals surface area (Å²) in [5, 5.41) is 10.3. The molecular weight excluding hydrogens is 398 g/mol. The van der Waals surface area contributed by atoms with Crippen LogP contribution in [0.3, 0.4) is 0 Å². The molecule has 2 fully saturated rings. The van der Waals surface area contributed by atoms with Crippen molar-refractivity contribution in [3.05, 3.63) is 0 Å². The minimum atomic E-state index is -0.264. The molecule has 1 saturated carbocycles. The van der Waals surface area contributed by atoms with E-state index in [0.717, 1.165) is 45.2 Å². The predicted octanol–water partition coefficient (Wildman–Crippen LogP) is -0.102. The second-order valence-electron chi connectivity index (χ2n) is 8.83. The zero-order valence-electron chi connectivity index (χ0n) is 19.1. The van der Waals surface area contributed by atoms with E-state index in [9.17, 15) is 9.59 Å². The third kappa shape index (κ3) is 8.62. The second-order valence-corrected chi connectivity index (χ2v) is 8.83. The molecule has 4 atom stereocenters. The van der Waals surface area contributed by atoms with Gasteiger partial charge >= 0.3 is 5.97 Å². The molecule has 7 N–H and O–H groups in total. The van der Waals surface area contributed by atoms with Gasteiger partial charge in [0.15, 0.2) is 0 Å². The van der Waals surface area contributed by atoms with Gasteiger partial charge in [0.1, 0.15) is 18.5 Å². The van der Waals surface area contributed by atoms with Crippen LogP contribution in [0.2, 0.25) is 0 Å². The number of rotatable bonds is 12. The Balaban J connectivity index is 1.70. The molecule has 0 radical (unpaired) electrons. The highest BCUT2D eigenvalue weighted by atomic mass is 16.5. The minimum absolute atomic E-state index is 0.00399. The summed E-state index contributed by atoms with van der Waals surface area (Å²) < 4.78 is 5.47. The van der Waals surface area contributed by atoms with Crippen LogP contribution in [-0.4, -0.2) is 68.5 Å². The molecule has 10 heteroatoms. The van der Waals surface area contributed by atoms with E-state index in [1.54, 1.807) is 11.9 Å². The van der Waals surface area contributed by atoms with Crippen molar-refractivity contribution in [1.82, 2.24) is 21.1 Å². The van der Waals surface area contributed by atoms with E-state index in [2.05, 4.69) is 28.2 Å². The summed E-state index contributed by atoms with van der Waals surface area (Å²) >= 11 is 0. The van der Waals surface area contributed by atoms with E-state index in [0.29, 0.717) is 36.7 Å². The lowest BCUT2D eigenvalue weighted by Crippen LogP contribution is -2.50. The van der Waals surface area contributed by atoms with Gasteiger partial charge < -0.3 is 26.0 Å². The quantitative estimate of drug-likeness (QED) is 0.0707. The summed E-state index contributed by atoms with van der Waals surface area (Å²) in [5.74, 6) is 7.24. The summed E-state index contributed by atoms with van der Waals surface area (Å²) in [6, 6.07) is -0.264. The number of nitrogens with two attached hydrogens (primary N) is 2. The number of ether oxygens (including phenoxy) is 1. The van der Waals surface area contributed by atoms with Crippen LogP contribution in [0.15, 0.2) is 5.10 Å². The molecule has 0 aromatic rings. The molecule has 1 heterocycles. The van der Waals surface area contributed by atoms with Gasteiger partial charge in [-0.3, -0.25) is 9.59 Å². The van der Waals surface area contributed by atoms with Gasteiger partial charge in [-0.2, -0.15) is 5.10 Å². The average molecular weight is 440 g/mol. The highest BCUT2D eigenvalue weighted by Crippen LogP contribution is 2.40. The number of piperidine rings is 1. The number of hydrazone groups is 1. The number of hydrogen-bond acceptors (Lipinski definition) is 8. The normalized spacial score (nSPS) is 26.1. The Morgan fingerprint density at radius 3 is 2.81 bits per heavy atom. The molecule has 31 heavy (non-hydrogen) atoms. The number of amides is 1. The number of nitrogens with one attached hydrogen (secondary N) is 3. The topological polar surface area (TPSA) is 147 Å². The SMILES string of the molecule is CCCNCC(=O)N(C)CCOC(=O)C1CC2CC(CC/C(N)=N/NN)CCC2CN1. The van der Waals surface area contributed by atoms with E-state index < -0.39 is 0 Å². The molecule has 1 saturated heterocycles. The van der Waals surface area contributed by atoms with Crippen molar-refractivity contribution < 1.29 is 14.3 Å². The number of carbonyl (C=O) groups excluding carboxylic acids is 2. The van der Waals surface area contributed by atoms with Crippen LogP contribution in [-0.2, 0) is 14.3 Å². The Morgan fingerprint density at radius 2 is 2.06 bits per heavy atom.